The number of pyridine rings is 1. The first-order chi connectivity index (χ1) is 10.1. The maximum absolute atomic E-state index is 11.8. The van der Waals surface area contributed by atoms with Crippen LogP contribution in [0, 0.1) is 0 Å². The van der Waals surface area contributed by atoms with Gasteiger partial charge in [-0.15, -0.1) is 0 Å². The summed E-state index contributed by atoms with van der Waals surface area (Å²) in [5, 5.41) is 10.4. The minimum absolute atomic E-state index is 0.116. The first-order valence-corrected chi connectivity index (χ1v) is 6.55. The van der Waals surface area contributed by atoms with Gasteiger partial charge in [-0.05, 0) is 36.8 Å². The molecule has 0 fully saturated rings. The van der Waals surface area contributed by atoms with Gasteiger partial charge in [-0.2, -0.15) is 0 Å². The van der Waals surface area contributed by atoms with Crippen LogP contribution >= 0.6 is 0 Å². The van der Waals surface area contributed by atoms with Crippen LogP contribution in [0.15, 0.2) is 36.7 Å². The lowest BCUT2D eigenvalue weighted by Gasteiger charge is -2.26. The Labute approximate surface area is 121 Å². The standard InChI is InChI=1S/C16H13NO4/c1-9(18)11-2-3-13-15(16(11)20)12(8-14(19)21-13)10-4-6-17-7-5-10/h2-7,12,20H,8H2,1H3/t12-/m0/s1. The van der Waals surface area contributed by atoms with Crippen LogP contribution in [0.2, 0.25) is 0 Å². The number of carbonyl (C=O) groups is 2. The number of hydrogen-bond acceptors (Lipinski definition) is 5. The molecule has 1 aromatic heterocycles. The van der Waals surface area contributed by atoms with Crippen molar-refractivity contribution in [2.45, 2.75) is 19.3 Å². The van der Waals surface area contributed by atoms with Crippen LogP contribution in [-0.2, 0) is 4.79 Å². The number of carbonyl (C=O) groups excluding carboxylic acids is 2. The first kappa shape index (κ1) is 13.3. The molecule has 2 heterocycles. The summed E-state index contributed by atoms with van der Waals surface area (Å²) in [5.41, 5.74) is 1.55. The molecule has 1 aliphatic rings. The highest BCUT2D eigenvalue weighted by Crippen LogP contribution is 2.45. The van der Waals surface area contributed by atoms with Crippen molar-refractivity contribution in [2.75, 3.05) is 0 Å². The fraction of sp³-hybridized carbons (Fsp3) is 0.188. The number of esters is 1. The van der Waals surface area contributed by atoms with Gasteiger partial charge in [-0.25, -0.2) is 0 Å². The number of hydrogen-bond donors (Lipinski definition) is 1. The number of phenolic OH excluding ortho intramolecular Hbond substituents is 1. The van der Waals surface area contributed by atoms with Crippen LogP contribution < -0.4 is 4.74 Å². The molecule has 1 atom stereocenters. The molecule has 0 saturated heterocycles. The Morgan fingerprint density at radius 2 is 2.00 bits per heavy atom. The predicted octanol–water partition coefficient (Wildman–Crippen LogP) is 2.43. The second kappa shape index (κ2) is 5.01. The SMILES string of the molecule is CC(=O)c1ccc2c(c1O)[C@H](c1ccncc1)CC(=O)O2. The Hall–Kier alpha value is -2.69. The Kier molecular flexibility index (Phi) is 3.17. The third kappa shape index (κ3) is 2.27. The quantitative estimate of drug-likeness (QED) is 0.520. The Bertz CT molecular complexity index is 725. The number of benzene rings is 1. The maximum Gasteiger partial charge on any atom is 0.312 e. The molecule has 3 rings (SSSR count). The number of aromatic nitrogens is 1. The molecule has 2 aromatic rings. The zero-order valence-electron chi connectivity index (χ0n) is 11.4. The number of phenols is 1. The van der Waals surface area contributed by atoms with Gasteiger partial charge in [0, 0.05) is 23.9 Å². The van der Waals surface area contributed by atoms with Gasteiger partial charge >= 0.3 is 5.97 Å². The largest absolute Gasteiger partial charge is 0.507 e. The molecular formula is C16H13NO4. The average Bonchev–Trinajstić information content (AvgIpc) is 2.47. The number of nitrogens with zero attached hydrogens (tertiary/aromatic N) is 1. The van der Waals surface area contributed by atoms with Gasteiger partial charge in [-0.3, -0.25) is 14.6 Å². The summed E-state index contributed by atoms with van der Waals surface area (Å²) in [5.74, 6) is -0.756. The van der Waals surface area contributed by atoms with Crippen LogP contribution in [0.5, 0.6) is 11.5 Å². The van der Waals surface area contributed by atoms with E-state index in [0.717, 1.165) is 5.56 Å². The third-order valence-corrected chi connectivity index (χ3v) is 3.61. The average molecular weight is 283 g/mol. The lowest BCUT2D eigenvalue weighted by atomic mass is 9.85. The number of ether oxygens (including phenoxy) is 1. The minimum atomic E-state index is -0.362. The molecule has 0 aliphatic carbocycles. The summed E-state index contributed by atoms with van der Waals surface area (Å²) in [6.07, 6.45) is 3.37. The molecule has 0 bridgehead atoms. The van der Waals surface area contributed by atoms with Gasteiger partial charge in [0.05, 0.1) is 12.0 Å². The fourth-order valence-electron chi connectivity index (χ4n) is 2.61. The van der Waals surface area contributed by atoms with E-state index >= 15 is 0 Å². The topological polar surface area (TPSA) is 76.5 Å². The van der Waals surface area contributed by atoms with Crippen LogP contribution in [0.25, 0.3) is 0 Å². The lowest BCUT2D eigenvalue weighted by molar-refractivity contribution is -0.135. The van der Waals surface area contributed by atoms with Gasteiger partial charge in [0.15, 0.2) is 5.78 Å². The molecule has 0 amide bonds. The van der Waals surface area contributed by atoms with E-state index in [-0.39, 0.29) is 35.4 Å². The van der Waals surface area contributed by atoms with E-state index in [4.69, 9.17) is 4.74 Å². The van der Waals surface area contributed by atoms with Crippen molar-refractivity contribution in [3.05, 3.63) is 53.3 Å². The Morgan fingerprint density at radius 3 is 2.67 bits per heavy atom. The summed E-state index contributed by atoms with van der Waals surface area (Å²) in [6.45, 7) is 1.39. The summed E-state index contributed by atoms with van der Waals surface area (Å²) in [7, 11) is 0. The van der Waals surface area contributed by atoms with Crippen molar-refractivity contribution >= 4 is 11.8 Å². The van der Waals surface area contributed by atoms with Crippen LogP contribution in [0.3, 0.4) is 0 Å². The number of aromatic hydroxyl groups is 1. The highest BCUT2D eigenvalue weighted by Gasteiger charge is 2.32. The Balaban J connectivity index is 2.20. The van der Waals surface area contributed by atoms with Crippen LogP contribution in [0.1, 0.15) is 40.7 Å². The predicted molar refractivity (Wildman–Crippen MR) is 74.4 cm³/mol. The highest BCUT2D eigenvalue weighted by molar-refractivity contribution is 5.98. The van der Waals surface area contributed by atoms with E-state index < -0.39 is 0 Å². The normalized spacial score (nSPS) is 17.0. The van der Waals surface area contributed by atoms with Gasteiger partial charge in [0.2, 0.25) is 0 Å². The van der Waals surface area contributed by atoms with E-state index in [2.05, 4.69) is 4.98 Å². The summed E-state index contributed by atoms with van der Waals surface area (Å²) >= 11 is 0. The second-order valence-corrected chi connectivity index (χ2v) is 4.94. The van der Waals surface area contributed by atoms with Gasteiger partial charge in [0.25, 0.3) is 0 Å². The molecule has 0 saturated carbocycles. The molecule has 1 aromatic carbocycles. The molecule has 106 valence electrons. The second-order valence-electron chi connectivity index (χ2n) is 4.94. The van der Waals surface area contributed by atoms with E-state index in [1.165, 1.54) is 13.0 Å². The third-order valence-electron chi connectivity index (χ3n) is 3.61. The molecular weight excluding hydrogens is 270 g/mol. The number of Topliss-reactive ketones (excluding diaryl/α,β-unsaturated/α-hetero) is 1. The highest BCUT2D eigenvalue weighted by atomic mass is 16.5. The van der Waals surface area contributed by atoms with Crippen LogP contribution in [0.4, 0.5) is 0 Å². The van der Waals surface area contributed by atoms with Gasteiger partial charge in [0.1, 0.15) is 11.5 Å². The summed E-state index contributed by atoms with van der Waals surface area (Å²) < 4.78 is 5.17. The van der Waals surface area contributed by atoms with Crippen molar-refractivity contribution in [1.29, 1.82) is 0 Å². The molecule has 0 radical (unpaired) electrons. The smallest absolute Gasteiger partial charge is 0.312 e. The zero-order valence-corrected chi connectivity index (χ0v) is 11.4. The van der Waals surface area contributed by atoms with E-state index in [1.807, 2.05) is 0 Å². The maximum atomic E-state index is 11.8. The van der Waals surface area contributed by atoms with E-state index in [1.54, 1.807) is 30.6 Å². The van der Waals surface area contributed by atoms with E-state index in [9.17, 15) is 14.7 Å². The van der Waals surface area contributed by atoms with Crippen molar-refractivity contribution in [2.24, 2.45) is 0 Å². The number of fused-ring (bicyclic) bond motifs is 1. The summed E-state index contributed by atoms with van der Waals surface area (Å²) in [6, 6.07) is 6.59. The molecule has 1 N–H and O–H groups in total. The number of rotatable bonds is 2. The summed E-state index contributed by atoms with van der Waals surface area (Å²) in [4.78, 5) is 27.3. The molecule has 0 spiro atoms. The molecule has 5 heteroatoms. The van der Waals surface area contributed by atoms with Gasteiger partial charge in [-0.1, -0.05) is 0 Å². The number of ketones is 1. The molecule has 21 heavy (non-hydrogen) atoms. The van der Waals surface area contributed by atoms with Gasteiger partial charge < -0.3 is 9.84 Å². The lowest BCUT2D eigenvalue weighted by Crippen LogP contribution is -2.21. The van der Waals surface area contributed by atoms with E-state index in [0.29, 0.717) is 11.3 Å². The molecule has 0 unspecified atom stereocenters. The Morgan fingerprint density at radius 1 is 1.29 bits per heavy atom. The first-order valence-electron chi connectivity index (χ1n) is 6.55. The van der Waals surface area contributed by atoms with Crippen molar-refractivity contribution < 1.29 is 19.4 Å². The molecule has 1 aliphatic heterocycles. The zero-order chi connectivity index (χ0) is 15.0. The van der Waals surface area contributed by atoms with Crippen molar-refractivity contribution in [3.63, 3.8) is 0 Å². The van der Waals surface area contributed by atoms with Crippen molar-refractivity contribution in [3.8, 4) is 11.5 Å². The molecule has 5 nitrogen and oxygen atoms in total. The minimum Gasteiger partial charge on any atom is -0.507 e. The van der Waals surface area contributed by atoms with Crippen molar-refractivity contribution in [1.82, 2.24) is 4.98 Å². The fourth-order valence-corrected chi connectivity index (χ4v) is 2.61. The monoisotopic (exact) mass is 283 g/mol. The van der Waals surface area contributed by atoms with Crippen LogP contribution in [-0.4, -0.2) is 21.8 Å².